The molecular formula is C15H14N6O2. The van der Waals surface area contributed by atoms with Crippen LogP contribution in [-0.2, 0) is 7.05 Å². The van der Waals surface area contributed by atoms with Crippen LogP contribution in [0.3, 0.4) is 0 Å². The number of rotatable bonds is 3. The number of aromatic nitrogens is 5. The molecule has 1 amide bonds. The summed E-state index contributed by atoms with van der Waals surface area (Å²) < 4.78 is 1.16. The summed E-state index contributed by atoms with van der Waals surface area (Å²) in [4.78, 5) is 28.9. The van der Waals surface area contributed by atoms with Crippen LogP contribution in [0.25, 0.3) is 10.8 Å². The van der Waals surface area contributed by atoms with E-state index >= 15 is 0 Å². The highest BCUT2D eigenvalue weighted by molar-refractivity contribution is 6.10. The Morgan fingerprint density at radius 1 is 1.30 bits per heavy atom. The third kappa shape index (κ3) is 2.37. The molecule has 0 saturated heterocycles. The Bertz CT molecular complexity index is 970. The number of carbonyl (C=O) groups is 1. The topological polar surface area (TPSA) is 106 Å². The van der Waals surface area contributed by atoms with Crippen LogP contribution in [0.1, 0.15) is 35.1 Å². The molecular weight excluding hydrogens is 296 g/mol. The maximum Gasteiger partial charge on any atom is 0.279 e. The molecule has 1 aliphatic rings. The van der Waals surface area contributed by atoms with Gasteiger partial charge in [0.1, 0.15) is 5.82 Å². The molecule has 8 nitrogen and oxygen atoms in total. The Morgan fingerprint density at radius 3 is 2.78 bits per heavy atom. The van der Waals surface area contributed by atoms with Crippen molar-refractivity contribution in [1.29, 1.82) is 0 Å². The van der Waals surface area contributed by atoms with Crippen LogP contribution in [0, 0.1) is 0 Å². The van der Waals surface area contributed by atoms with Crippen molar-refractivity contribution in [1.82, 2.24) is 25.0 Å². The first kappa shape index (κ1) is 13.6. The van der Waals surface area contributed by atoms with Gasteiger partial charge in [-0.1, -0.05) is 18.2 Å². The molecule has 1 saturated carbocycles. The van der Waals surface area contributed by atoms with E-state index in [1.54, 1.807) is 24.3 Å². The standard InChI is InChI=1S/C15H14N6O2/c1-21-14(23)10-5-3-2-4-9(10)11(20-21)13(22)17-15-16-12(18-19-15)8-6-7-8/h2-5,8H,6-7H2,1H3,(H2,16,17,18,19,22). The zero-order chi connectivity index (χ0) is 16.0. The minimum atomic E-state index is -0.446. The number of amides is 1. The average Bonchev–Trinajstić information content (AvgIpc) is 3.31. The number of hydrogen-bond donors (Lipinski definition) is 2. The maximum absolute atomic E-state index is 12.5. The summed E-state index contributed by atoms with van der Waals surface area (Å²) in [5.41, 5.74) is -0.0773. The predicted molar refractivity (Wildman–Crippen MR) is 83.3 cm³/mol. The molecule has 2 heterocycles. The SMILES string of the molecule is Cn1nc(C(=O)Nc2n[nH]c(C3CC3)n2)c2ccccc2c1=O. The molecule has 0 atom stereocenters. The number of anilines is 1. The summed E-state index contributed by atoms with van der Waals surface area (Å²) in [6.45, 7) is 0. The molecule has 0 unspecified atom stereocenters. The predicted octanol–water partition coefficient (Wildman–Crippen LogP) is 1.18. The van der Waals surface area contributed by atoms with Gasteiger partial charge in [0, 0.05) is 18.4 Å². The highest BCUT2D eigenvalue weighted by Gasteiger charge is 2.27. The zero-order valence-corrected chi connectivity index (χ0v) is 12.4. The smallest absolute Gasteiger partial charge is 0.279 e. The number of aryl methyl sites for hydroxylation is 1. The number of benzene rings is 1. The summed E-state index contributed by atoms with van der Waals surface area (Å²) >= 11 is 0. The number of aromatic amines is 1. The van der Waals surface area contributed by atoms with E-state index in [2.05, 4.69) is 25.6 Å². The van der Waals surface area contributed by atoms with Gasteiger partial charge in [0.05, 0.1) is 5.39 Å². The first-order valence-corrected chi connectivity index (χ1v) is 7.33. The minimum Gasteiger partial charge on any atom is -0.288 e. The second-order valence-corrected chi connectivity index (χ2v) is 5.60. The fraction of sp³-hybridized carbons (Fsp3) is 0.267. The van der Waals surface area contributed by atoms with E-state index in [-0.39, 0.29) is 17.2 Å². The molecule has 0 bridgehead atoms. The molecule has 116 valence electrons. The quantitative estimate of drug-likeness (QED) is 0.755. The van der Waals surface area contributed by atoms with E-state index < -0.39 is 5.91 Å². The highest BCUT2D eigenvalue weighted by Crippen LogP contribution is 2.38. The molecule has 8 heteroatoms. The average molecular weight is 310 g/mol. The van der Waals surface area contributed by atoms with Crippen LogP contribution >= 0.6 is 0 Å². The Hall–Kier alpha value is -3.03. The van der Waals surface area contributed by atoms with Gasteiger partial charge in [-0.3, -0.25) is 20.0 Å². The molecule has 0 radical (unpaired) electrons. The number of fused-ring (bicyclic) bond motifs is 1. The van der Waals surface area contributed by atoms with Crippen LogP contribution in [0.5, 0.6) is 0 Å². The van der Waals surface area contributed by atoms with Crippen LogP contribution < -0.4 is 10.9 Å². The van der Waals surface area contributed by atoms with Crippen molar-refractivity contribution in [3.05, 3.63) is 46.1 Å². The third-order valence-corrected chi connectivity index (χ3v) is 3.86. The first-order chi connectivity index (χ1) is 11.1. The number of carbonyl (C=O) groups excluding carboxylic acids is 1. The van der Waals surface area contributed by atoms with Crippen molar-refractivity contribution in [2.24, 2.45) is 7.05 Å². The Kier molecular flexibility index (Phi) is 2.97. The van der Waals surface area contributed by atoms with E-state index in [1.807, 2.05) is 0 Å². The van der Waals surface area contributed by atoms with E-state index in [0.717, 1.165) is 23.3 Å². The van der Waals surface area contributed by atoms with Crippen molar-refractivity contribution in [3.63, 3.8) is 0 Å². The zero-order valence-electron chi connectivity index (χ0n) is 12.4. The van der Waals surface area contributed by atoms with Gasteiger partial charge in [-0.25, -0.2) is 4.68 Å². The monoisotopic (exact) mass is 310 g/mol. The van der Waals surface area contributed by atoms with Crippen LogP contribution in [0.15, 0.2) is 29.1 Å². The normalized spacial score (nSPS) is 14.1. The van der Waals surface area contributed by atoms with Crippen molar-refractivity contribution >= 4 is 22.6 Å². The van der Waals surface area contributed by atoms with Crippen molar-refractivity contribution < 1.29 is 4.79 Å². The molecule has 3 aromatic rings. The molecule has 23 heavy (non-hydrogen) atoms. The molecule has 0 spiro atoms. The molecule has 1 fully saturated rings. The van der Waals surface area contributed by atoms with Crippen molar-refractivity contribution in [2.45, 2.75) is 18.8 Å². The highest BCUT2D eigenvalue weighted by atomic mass is 16.2. The van der Waals surface area contributed by atoms with Gasteiger partial charge < -0.3 is 0 Å². The van der Waals surface area contributed by atoms with Gasteiger partial charge in [0.2, 0.25) is 5.95 Å². The van der Waals surface area contributed by atoms with Crippen LogP contribution in [0.4, 0.5) is 5.95 Å². The van der Waals surface area contributed by atoms with Gasteiger partial charge in [0.25, 0.3) is 11.5 Å². The second-order valence-electron chi connectivity index (χ2n) is 5.60. The summed E-state index contributed by atoms with van der Waals surface area (Å²) in [5.74, 6) is 0.984. The fourth-order valence-corrected chi connectivity index (χ4v) is 2.50. The second kappa shape index (κ2) is 5.01. The van der Waals surface area contributed by atoms with E-state index in [0.29, 0.717) is 16.7 Å². The molecule has 1 aliphatic carbocycles. The minimum absolute atomic E-state index is 0.167. The summed E-state index contributed by atoms with van der Waals surface area (Å²) in [7, 11) is 1.52. The fourth-order valence-electron chi connectivity index (χ4n) is 2.50. The summed E-state index contributed by atoms with van der Waals surface area (Å²) in [5, 5.41) is 14.5. The molecule has 4 rings (SSSR count). The lowest BCUT2D eigenvalue weighted by atomic mass is 10.1. The van der Waals surface area contributed by atoms with Crippen LogP contribution in [-0.4, -0.2) is 30.9 Å². The molecule has 1 aromatic carbocycles. The Balaban J connectivity index is 1.71. The lowest BCUT2D eigenvalue weighted by molar-refractivity contribution is 0.102. The summed E-state index contributed by atoms with van der Waals surface area (Å²) in [6.07, 6.45) is 2.19. The molecule has 2 N–H and O–H groups in total. The van der Waals surface area contributed by atoms with Gasteiger partial charge in [0.15, 0.2) is 5.69 Å². The largest absolute Gasteiger partial charge is 0.288 e. The molecule has 2 aromatic heterocycles. The van der Waals surface area contributed by atoms with E-state index in [4.69, 9.17) is 0 Å². The number of nitrogens with zero attached hydrogens (tertiary/aromatic N) is 4. The number of nitrogens with one attached hydrogen (secondary N) is 2. The lowest BCUT2D eigenvalue weighted by Crippen LogP contribution is -2.25. The van der Waals surface area contributed by atoms with Gasteiger partial charge in [-0.2, -0.15) is 10.1 Å². The molecule has 0 aliphatic heterocycles. The Labute approximate surface area is 130 Å². The van der Waals surface area contributed by atoms with Gasteiger partial charge >= 0.3 is 0 Å². The van der Waals surface area contributed by atoms with E-state index in [1.165, 1.54) is 7.05 Å². The Morgan fingerprint density at radius 2 is 2.04 bits per heavy atom. The van der Waals surface area contributed by atoms with Gasteiger partial charge in [-0.05, 0) is 18.9 Å². The maximum atomic E-state index is 12.5. The first-order valence-electron chi connectivity index (χ1n) is 7.33. The van der Waals surface area contributed by atoms with Crippen LogP contribution in [0.2, 0.25) is 0 Å². The number of hydrogen-bond acceptors (Lipinski definition) is 5. The lowest BCUT2D eigenvalue weighted by Gasteiger charge is -2.07. The van der Waals surface area contributed by atoms with E-state index in [9.17, 15) is 9.59 Å². The van der Waals surface area contributed by atoms with Crippen molar-refractivity contribution in [2.75, 3.05) is 5.32 Å². The third-order valence-electron chi connectivity index (χ3n) is 3.86. The van der Waals surface area contributed by atoms with Gasteiger partial charge in [-0.15, -0.1) is 5.10 Å². The van der Waals surface area contributed by atoms with Crippen molar-refractivity contribution in [3.8, 4) is 0 Å². The number of H-pyrrole nitrogens is 1. The summed E-state index contributed by atoms with van der Waals surface area (Å²) in [6, 6.07) is 6.89.